The van der Waals surface area contributed by atoms with Crippen molar-refractivity contribution in [1.82, 2.24) is 5.32 Å². The van der Waals surface area contributed by atoms with E-state index in [4.69, 9.17) is 10.0 Å². The lowest BCUT2D eigenvalue weighted by molar-refractivity contribution is 0.0951. The molecule has 2 aromatic carbocycles. The second kappa shape index (κ2) is 6.18. The summed E-state index contributed by atoms with van der Waals surface area (Å²) in [5.41, 5.74) is 1.87. The standard InChI is InChI=1S/C14H14BNO3/c17-14(16-10-11-4-2-1-3-5-11)12-6-8-13(9-7-12)15(18)19/h1-9,18-19H,10H2,(H,16,17). The highest BCUT2D eigenvalue weighted by Gasteiger charge is 2.11. The van der Waals surface area contributed by atoms with Crippen LogP contribution in [0.25, 0.3) is 0 Å². The molecule has 0 fully saturated rings. The highest BCUT2D eigenvalue weighted by atomic mass is 16.4. The summed E-state index contributed by atoms with van der Waals surface area (Å²) in [6.45, 7) is 0.462. The fourth-order valence-corrected chi connectivity index (χ4v) is 1.69. The molecule has 0 aliphatic rings. The van der Waals surface area contributed by atoms with Crippen LogP contribution in [0.4, 0.5) is 0 Å². The second-order valence-electron chi connectivity index (χ2n) is 4.16. The molecule has 96 valence electrons. The molecule has 5 heteroatoms. The normalized spacial score (nSPS) is 10.0. The molecule has 0 saturated heterocycles. The Balaban J connectivity index is 1.96. The number of carbonyl (C=O) groups is 1. The van der Waals surface area contributed by atoms with Crippen molar-refractivity contribution in [2.75, 3.05) is 0 Å². The lowest BCUT2D eigenvalue weighted by Gasteiger charge is -2.06. The number of rotatable bonds is 4. The van der Waals surface area contributed by atoms with Crippen LogP contribution < -0.4 is 10.8 Å². The maximum Gasteiger partial charge on any atom is 0.488 e. The number of amides is 1. The molecule has 0 unspecified atom stereocenters. The van der Waals surface area contributed by atoms with Gasteiger partial charge in [-0.1, -0.05) is 42.5 Å². The molecule has 2 rings (SSSR count). The average Bonchev–Trinajstić information content (AvgIpc) is 2.46. The van der Waals surface area contributed by atoms with Crippen molar-refractivity contribution in [2.45, 2.75) is 6.54 Å². The van der Waals surface area contributed by atoms with Gasteiger partial charge in [0.1, 0.15) is 0 Å². The third kappa shape index (κ3) is 3.68. The van der Waals surface area contributed by atoms with E-state index in [0.717, 1.165) is 5.56 Å². The van der Waals surface area contributed by atoms with Gasteiger partial charge in [0.25, 0.3) is 5.91 Å². The zero-order chi connectivity index (χ0) is 13.7. The van der Waals surface area contributed by atoms with Crippen molar-refractivity contribution < 1.29 is 14.8 Å². The van der Waals surface area contributed by atoms with Gasteiger partial charge in [-0.2, -0.15) is 0 Å². The molecule has 0 aliphatic heterocycles. The Bertz CT molecular complexity index is 540. The zero-order valence-corrected chi connectivity index (χ0v) is 10.3. The van der Waals surface area contributed by atoms with Gasteiger partial charge in [-0.15, -0.1) is 0 Å². The fourth-order valence-electron chi connectivity index (χ4n) is 1.69. The predicted octanol–water partition coefficient (Wildman–Crippen LogP) is 0.296. The topological polar surface area (TPSA) is 69.6 Å². The molecule has 0 aliphatic carbocycles. The number of hydrogen-bond acceptors (Lipinski definition) is 3. The summed E-state index contributed by atoms with van der Waals surface area (Å²) in [6.07, 6.45) is 0. The van der Waals surface area contributed by atoms with Crippen molar-refractivity contribution in [3.8, 4) is 0 Å². The van der Waals surface area contributed by atoms with Crippen molar-refractivity contribution in [3.63, 3.8) is 0 Å². The van der Waals surface area contributed by atoms with Gasteiger partial charge >= 0.3 is 7.12 Å². The molecule has 0 heterocycles. The second-order valence-corrected chi connectivity index (χ2v) is 4.16. The van der Waals surface area contributed by atoms with Crippen LogP contribution in [0.15, 0.2) is 54.6 Å². The zero-order valence-electron chi connectivity index (χ0n) is 10.3. The smallest absolute Gasteiger partial charge is 0.423 e. The third-order valence-corrected chi connectivity index (χ3v) is 2.77. The summed E-state index contributed by atoms with van der Waals surface area (Å²) in [4.78, 5) is 11.9. The summed E-state index contributed by atoms with van der Waals surface area (Å²) in [6, 6.07) is 15.8. The van der Waals surface area contributed by atoms with Crippen LogP contribution in [0, 0.1) is 0 Å². The Morgan fingerprint density at radius 3 is 2.21 bits per heavy atom. The number of benzene rings is 2. The summed E-state index contributed by atoms with van der Waals surface area (Å²) in [7, 11) is -1.51. The van der Waals surface area contributed by atoms with Gasteiger partial charge in [0.15, 0.2) is 0 Å². The van der Waals surface area contributed by atoms with Crippen LogP contribution >= 0.6 is 0 Å². The molecule has 2 aromatic rings. The van der Waals surface area contributed by atoms with Crippen molar-refractivity contribution in [1.29, 1.82) is 0 Å². The van der Waals surface area contributed by atoms with E-state index in [2.05, 4.69) is 5.32 Å². The van der Waals surface area contributed by atoms with E-state index in [0.29, 0.717) is 17.6 Å². The highest BCUT2D eigenvalue weighted by Crippen LogP contribution is 2.01. The van der Waals surface area contributed by atoms with E-state index in [1.165, 1.54) is 12.1 Å². The van der Waals surface area contributed by atoms with Gasteiger partial charge in [-0.05, 0) is 23.2 Å². The Hall–Kier alpha value is -2.11. The van der Waals surface area contributed by atoms with E-state index in [-0.39, 0.29) is 5.91 Å². The van der Waals surface area contributed by atoms with Crippen molar-refractivity contribution >= 4 is 18.5 Å². The van der Waals surface area contributed by atoms with Crippen LogP contribution in [-0.2, 0) is 6.54 Å². The minimum Gasteiger partial charge on any atom is -0.423 e. The molecule has 0 bridgehead atoms. The van der Waals surface area contributed by atoms with Gasteiger partial charge < -0.3 is 15.4 Å². The number of nitrogens with one attached hydrogen (secondary N) is 1. The molecule has 0 saturated carbocycles. The van der Waals surface area contributed by atoms with E-state index in [1.54, 1.807) is 12.1 Å². The van der Waals surface area contributed by atoms with Gasteiger partial charge in [-0.25, -0.2) is 0 Å². The molecule has 3 N–H and O–H groups in total. The van der Waals surface area contributed by atoms with Crippen LogP contribution in [0.3, 0.4) is 0 Å². The Morgan fingerprint density at radius 1 is 1.00 bits per heavy atom. The summed E-state index contributed by atoms with van der Waals surface area (Å²) < 4.78 is 0. The molecular formula is C14H14BNO3. The van der Waals surface area contributed by atoms with Crippen LogP contribution in [0.1, 0.15) is 15.9 Å². The summed E-state index contributed by atoms with van der Waals surface area (Å²) >= 11 is 0. The Morgan fingerprint density at radius 2 is 1.63 bits per heavy atom. The molecule has 1 amide bonds. The Kier molecular flexibility index (Phi) is 4.33. The fraction of sp³-hybridized carbons (Fsp3) is 0.0714. The lowest BCUT2D eigenvalue weighted by atomic mass is 9.80. The maximum atomic E-state index is 11.9. The average molecular weight is 255 g/mol. The first kappa shape index (κ1) is 13.3. The van der Waals surface area contributed by atoms with E-state index < -0.39 is 7.12 Å². The largest absolute Gasteiger partial charge is 0.488 e. The molecule has 19 heavy (non-hydrogen) atoms. The highest BCUT2D eigenvalue weighted by molar-refractivity contribution is 6.58. The van der Waals surface area contributed by atoms with E-state index in [9.17, 15) is 4.79 Å². The first-order valence-electron chi connectivity index (χ1n) is 5.95. The van der Waals surface area contributed by atoms with E-state index in [1.807, 2.05) is 30.3 Å². The molecule has 0 aromatic heterocycles. The quantitative estimate of drug-likeness (QED) is 0.688. The van der Waals surface area contributed by atoms with Gasteiger partial charge in [-0.3, -0.25) is 4.79 Å². The van der Waals surface area contributed by atoms with Gasteiger partial charge in [0, 0.05) is 12.1 Å². The summed E-state index contributed by atoms with van der Waals surface area (Å²) in [5.74, 6) is -0.192. The van der Waals surface area contributed by atoms with Crippen molar-refractivity contribution in [3.05, 3.63) is 65.7 Å². The molecular weight excluding hydrogens is 241 g/mol. The SMILES string of the molecule is O=C(NCc1ccccc1)c1ccc(B(O)O)cc1. The Labute approximate surface area is 111 Å². The minimum absolute atomic E-state index is 0.192. The third-order valence-electron chi connectivity index (χ3n) is 2.77. The van der Waals surface area contributed by atoms with Crippen molar-refractivity contribution in [2.24, 2.45) is 0 Å². The predicted molar refractivity (Wildman–Crippen MR) is 73.9 cm³/mol. The first-order valence-corrected chi connectivity index (χ1v) is 5.95. The summed E-state index contributed by atoms with van der Waals surface area (Å²) in [5, 5.41) is 20.7. The van der Waals surface area contributed by atoms with Crippen LogP contribution in [0.5, 0.6) is 0 Å². The monoisotopic (exact) mass is 255 g/mol. The minimum atomic E-state index is -1.51. The van der Waals surface area contributed by atoms with Gasteiger partial charge in [0.2, 0.25) is 0 Å². The number of hydrogen-bond donors (Lipinski definition) is 3. The molecule has 4 nitrogen and oxygen atoms in total. The lowest BCUT2D eigenvalue weighted by Crippen LogP contribution is -2.30. The van der Waals surface area contributed by atoms with E-state index >= 15 is 0 Å². The first-order chi connectivity index (χ1) is 9.16. The molecule has 0 spiro atoms. The van der Waals surface area contributed by atoms with Crippen LogP contribution in [0.2, 0.25) is 0 Å². The molecule has 0 atom stereocenters. The van der Waals surface area contributed by atoms with Gasteiger partial charge in [0.05, 0.1) is 0 Å². The molecule has 0 radical (unpaired) electrons. The van der Waals surface area contributed by atoms with Crippen LogP contribution in [-0.4, -0.2) is 23.1 Å². The maximum absolute atomic E-state index is 11.9. The number of carbonyl (C=O) groups excluding carboxylic acids is 1.